The number of rotatable bonds is 6. The third kappa shape index (κ3) is 4.58. The Morgan fingerprint density at radius 1 is 1.11 bits per heavy atom. The van der Waals surface area contributed by atoms with Crippen LogP contribution in [0.5, 0.6) is 0 Å². The number of oxazole rings is 1. The molecule has 0 aliphatic carbocycles. The van der Waals surface area contributed by atoms with Crippen LogP contribution in [0, 0.1) is 0 Å². The van der Waals surface area contributed by atoms with Gasteiger partial charge in [-0.2, -0.15) is 13.2 Å². The summed E-state index contributed by atoms with van der Waals surface area (Å²) in [6, 6.07) is 11.8. The summed E-state index contributed by atoms with van der Waals surface area (Å²) in [6.45, 7) is 0.324. The van der Waals surface area contributed by atoms with Crippen molar-refractivity contribution in [3.8, 4) is 0 Å². The largest absolute Gasteiger partial charge is 0.419 e. The molecule has 1 N–H and O–H groups in total. The maximum Gasteiger partial charge on any atom is 0.419 e. The average molecular weight is 378 g/mol. The van der Waals surface area contributed by atoms with Crippen LogP contribution in [-0.4, -0.2) is 10.5 Å². The van der Waals surface area contributed by atoms with Gasteiger partial charge in [0.05, 0.1) is 11.1 Å². The van der Waals surface area contributed by atoms with Gasteiger partial charge in [-0.1, -0.05) is 24.3 Å². The molecule has 0 fully saturated rings. The summed E-state index contributed by atoms with van der Waals surface area (Å²) >= 11 is 0. The van der Waals surface area contributed by atoms with Crippen molar-refractivity contribution >= 4 is 17.0 Å². The van der Waals surface area contributed by atoms with E-state index in [2.05, 4.69) is 5.32 Å². The fraction of sp³-hybridized carbons (Fsp3) is 0.263. The molecule has 0 radical (unpaired) electrons. The van der Waals surface area contributed by atoms with Gasteiger partial charge in [-0.3, -0.25) is 9.36 Å². The van der Waals surface area contributed by atoms with Gasteiger partial charge < -0.3 is 9.73 Å². The molecule has 2 aromatic carbocycles. The van der Waals surface area contributed by atoms with Crippen LogP contribution in [0.4, 0.5) is 13.2 Å². The number of fused-ring (bicyclic) bond motifs is 1. The highest BCUT2D eigenvalue weighted by Gasteiger charge is 2.30. The zero-order chi connectivity index (χ0) is 19.4. The second kappa shape index (κ2) is 7.69. The van der Waals surface area contributed by atoms with E-state index in [1.165, 1.54) is 16.7 Å². The van der Waals surface area contributed by atoms with E-state index in [-0.39, 0.29) is 18.9 Å². The van der Waals surface area contributed by atoms with Crippen LogP contribution < -0.4 is 11.1 Å². The van der Waals surface area contributed by atoms with Crippen molar-refractivity contribution < 1.29 is 22.4 Å². The lowest BCUT2D eigenvalue weighted by Crippen LogP contribution is -2.23. The average Bonchev–Trinajstić information content (AvgIpc) is 2.95. The molecule has 3 rings (SSSR count). The highest BCUT2D eigenvalue weighted by Crippen LogP contribution is 2.29. The van der Waals surface area contributed by atoms with Gasteiger partial charge in [0.15, 0.2) is 5.58 Å². The van der Waals surface area contributed by atoms with Crippen molar-refractivity contribution in [3.05, 3.63) is 70.2 Å². The zero-order valence-electron chi connectivity index (χ0n) is 14.3. The number of halogens is 3. The molecule has 1 heterocycles. The highest BCUT2D eigenvalue weighted by molar-refractivity contribution is 5.76. The van der Waals surface area contributed by atoms with Gasteiger partial charge in [0, 0.05) is 19.5 Å². The first-order valence-electron chi connectivity index (χ1n) is 8.36. The summed E-state index contributed by atoms with van der Waals surface area (Å²) in [5.41, 5.74) is 0.763. The van der Waals surface area contributed by atoms with E-state index in [1.807, 2.05) is 0 Å². The molecule has 0 saturated heterocycles. The maximum atomic E-state index is 12.7. The van der Waals surface area contributed by atoms with Crippen LogP contribution in [0.2, 0.25) is 0 Å². The number of carbonyl (C=O) groups is 1. The van der Waals surface area contributed by atoms with E-state index in [1.54, 1.807) is 24.3 Å². The number of benzene rings is 2. The van der Waals surface area contributed by atoms with Crippen LogP contribution in [0.15, 0.2) is 57.7 Å². The minimum absolute atomic E-state index is 0.0113. The number of carbonyl (C=O) groups excluding carboxylic acids is 1. The summed E-state index contributed by atoms with van der Waals surface area (Å²) in [7, 11) is 0. The minimum atomic E-state index is -4.42. The minimum Gasteiger partial charge on any atom is -0.408 e. The fourth-order valence-corrected chi connectivity index (χ4v) is 2.77. The first-order valence-corrected chi connectivity index (χ1v) is 8.36. The summed E-state index contributed by atoms with van der Waals surface area (Å²) in [5.74, 6) is -0.783. The Morgan fingerprint density at radius 3 is 2.67 bits per heavy atom. The number of alkyl halides is 3. The Bertz CT molecular complexity index is 1010. The molecular formula is C19H17F3N2O3. The van der Waals surface area contributed by atoms with E-state index in [9.17, 15) is 22.8 Å². The quantitative estimate of drug-likeness (QED) is 0.711. The van der Waals surface area contributed by atoms with Crippen molar-refractivity contribution in [3.63, 3.8) is 0 Å². The molecule has 5 nitrogen and oxygen atoms in total. The summed E-state index contributed by atoms with van der Waals surface area (Å²) in [4.78, 5) is 23.8. The molecule has 0 aliphatic rings. The maximum absolute atomic E-state index is 12.7. The van der Waals surface area contributed by atoms with Gasteiger partial charge >= 0.3 is 11.9 Å². The predicted octanol–water partition coefficient (Wildman–Crippen LogP) is 3.71. The molecule has 0 saturated carbocycles. The lowest BCUT2D eigenvalue weighted by molar-refractivity contribution is -0.137. The van der Waals surface area contributed by atoms with Gasteiger partial charge in [-0.05, 0) is 36.2 Å². The number of aromatic nitrogens is 1. The Labute approximate surface area is 152 Å². The molecular weight excluding hydrogens is 361 g/mol. The number of aryl methyl sites for hydroxylation is 1. The summed E-state index contributed by atoms with van der Waals surface area (Å²) in [5, 5.41) is 2.59. The summed E-state index contributed by atoms with van der Waals surface area (Å²) in [6.07, 6.45) is -3.87. The van der Waals surface area contributed by atoms with Gasteiger partial charge in [-0.25, -0.2) is 4.79 Å². The molecule has 3 aromatic rings. The molecule has 0 unspecified atom stereocenters. The molecule has 0 aliphatic heterocycles. The van der Waals surface area contributed by atoms with Crippen molar-refractivity contribution in [2.45, 2.75) is 32.1 Å². The zero-order valence-corrected chi connectivity index (χ0v) is 14.3. The normalized spacial score (nSPS) is 11.7. The lowest BCUT2D eigenvalue weighted by atomic mass is 10.1. The monoisotopic (exact) mass is 378 g/mol. The van der Waals surface area contributed by atoms with E-state index >= 15 is 0 Å². The highest BCUT2D eigenvalue weighted by atomic mass is 19.4. The van der Waals surface area contributed by atoms with Gasteiger partial charge in [0.25, 0.3) is 0 Å². The van der Waals surface area contributed by atoms with Crippen LogP contribution in [-0.2, 0) is 24.1 Å². The number of hydrogen-bond acceptors (Lipinski definition) is 3. The first kappa shape index (κ1) is 18.8. The van der Waals surface area contributed by atoms with Crippen LogP contribution in [0.3, 0.4) is 0 Å². The van der Waals surface area contributed by atoms with Gasteiger partial charge in [0.2, 0.25) is 5.91 Å². The van der Waals surface area contributed by atoms with Gasteiger partial charge in [0.1, 0.15) is 0 Å². The Balaban J connectivity index is 1.52. The van der Waals surface area contributed by atoms with E-state index in [0.717, 1.165) is 12.1 Å². The van der Waals surface area contributed by atoms with E-state index in [0.29, 0.717) is 29.6 Å². The van der Waals surface area contributed by atoms with E-state index < -0.39 is 17.5 Å². The third-order valence-electron chi connectivity index (χ3n) is 4.10. The summed E-state index contributed by atoms with van der Waals surface area (Å²) < 4.78 is 44.6. The molecule has 1 amide bonds. The molecule has 1 aromatic heterocycles. The van der Waals surface area contributed by atoms with Crippen LogP contribution in [0.1, 0.15) is 24.0 Å². The van der Waals surface area contributed by atoms with Crippen LogP contribution in [0.25, 0.3) is 11.1 Å². The standard InChI is InChI=1S/C19H17F3N2O3/c20-19(21,22)14-6-3-5-13(11-14)12-23-17(25)9-4-10-24-15-7-1-2-8-16(15)27-18(24)26/h1-3,5-8,11H,4,9-10,12H2,(H,23,25). The predicted molar refractivity (Wildman–Crippen MR) is 93.0 cm³/mol. The molecule has 142 valence electrons. The van der Waals surface area contributed by atoms with Crippen molar-refractivity contribution in [1.29, 1.82) is 0 Å². The number of nitrogens with zero attached hydrogens (tertiary/aromatic N) is 1. The topological polar surface area (TPSA) is 64.2 Å². The van der Waals surface area contributed by atoms with Crippen LogP contribution >= 0.6 is 0 Å². The smallest absolute Gasteiger partial charge is 0.408 e. The Hall–Kier alpha value is -3.03. The third-order valence-corrected chi connectivity index (χ3v) is 4.10. The number of amides is 1. The molecule has 0 spiro atoms. The Morgan fingerprint density at radius 2 is 1.89 bits per heavy atom. The molecule has 0 atom stereocenters. The fourth-order valence-electron chi connectivity index (χ4n) is 2.77. The van der Waals surface area contributed by atoms with Crippen molar-refractivity contribution in [2.24, 2.45) is 0 Å². The number of nitrogens with one attached hydrogen (secondary N) is 1. The first-order chi connectivity index (χ1) is 12.8. The number of para-hydroxylation sites is 2. The van der Waals surface area contributed by atoms with E-state index in [4.69, 9.17) is 4.42 Å². The SMILES string of the molecule is O=C(CCCn1c(=O)oc2ccccc21)NCc1cccc(C(F)(F)F)c1. The van der Waals surface area contributed by atoms with Gasteiger partial charge in [-0.15, -0.1) is 0 Å². The second-order valence-electron chi connectivity index (χ2n) is 6.07. The molecule has 27 heavy (non-hydrogen) atoms. The lowest BCUT2D eigenvalue weighted by Gasteiger charge is -2.09. The van der Waals surface area contributed by atoms with Crippen molar-refractivity contribution in [1.82, 2.24) is 9.88 Å². The van der Waals surface area contributed by atoms with Crippen molar-refractivity contribution in [2.75, 3.05) is 0 Å². The number of hydrogen-bond donors (Lipinski definition) is 1. The second-order valence-corrected chi connectivity index (χ2v) is 6.07. The molecule has 8 heteroatoms. The Kier molecular flexibility index (Phi) is 5.34. The molecule has 0 bridgehead atoms.